The average Bonchev–Trinajstić information content (AvgIpc) is 2.31. The maximum Gasteiger partial charge on any atom is 0.180 e. The molecule has 1 rings (SSSR count). The number of halogens is 1. The lowest BCUT2D eigenvalue weighted by atomic mass is 10.0. The molecule has 0 amide bonds. The summed E-state index contributed by atoms with van der Waals surface area (Å²) < 4.78 is 0. The second kappa shape index (κ2) is 6.06. The van der Waals surface area contributed by atoms with Crippen molar-refractivity contribution in [3.05, 3.63) is 29.3 Å². The van der Waals surface area contributed by atoms with Crippen LogP contribution >= 0.6 is 11.6 Å². The largest absolute Gasteiger partial charge is 0.372 e. The third kappa shape index (κ3) is 3.22. The van der Waals surface area contributed by atoms with Crippen molar-refractivity contribution in [2.45, 2.75) is 33.1 Å². The first-order valence-corrected chi connectivity index (χ1v) is 6.48. The third-order valence-corrected chi connectivity index (χ3v) is 3.14. The number of ketones is 1. The van der Waals surface area contributed by atoms with Gasteiger partial charge in [0.25, 0.3) is 0 Å². The first kappa shape index (κ1) is 14.0. The van der Waals surface area contributed by atoms with E-state index in [1.54, 1.807) is 6.92 Å². The van der Waals surface area contributed by atoms with Crippen LogP contribution in [0.4, 0.5) is 5.69 Å². The van der Waals surface area contributed by atoms with Crippen LogP contribution in [0.25, 0.3) is 0 Å². The Balaban J connectivity index is 3.05. The summed E-state index contributed by atoms with van der Waals surface area (Å²) in [6.45, 7) is 9.93. The molecular weight excluding hydrogens is 234 g/mol. The molecule has 3 heteroatoms. The molecule has 2 nitrogen and oxygen atoms in total. The minimum atomic E-state index is -0.464. The molecule has 0 saturated carbocycles. The fourth-order valence-electron chi connectivity index (χ4n) is 1.96. The summed E-state index contributed by atoms with van der Waals surface area (Å²) in [7, 11) is 0. The van der Waals surface area contributed by atoms with Crippen LogP contribution in [0.2, 0.25) is 0 Å². The molecular formula is C14H20ClNO. The highest BCUT2D eigenvalue weighted by atomic mass is 35.5. The maximum atomic E-state index is 11.8. The van der Waals surface area contributed by atoms with Crippen molar-refractivity contribution in [3.8, 4) is 0 Å². The van der Waals surface area contributed by atoms with Gasteiger partial charge in [0.2, 0.25) is 0 Å². The number of aryl methyl sites for hydroxylation is 1. The number of alkyl halides is 1. The van der Waals surface area contributed by atoms with Crippen LogP contribution in [0.15, 0.2) is 18.2 Å². The Morgan fingerprint density at radius 2 is 1.94 bits per heavy atom. The Kier molecular flexibility index (Phi) is 5.01. The van der Waals surface area contributed by atoms with Crippen molar-refractivity contribution in [3.63, 3.8) is 0 Å². The van der Waals surface area contributed by atoms with Crippen molar-refractivity contribution < 1.29 is 4.79 Å². The predicted molar refractivity (Wildman–Crippen MR) is 74.4 cm³/mol. The monoisotopic (exact) mass is 253 g/mol. The number of nitrogens with zero attached hydrogens (tertiary/aromatic N) is 1. The molecule has 0 aliphatic carbocycles. The average molecular weight is 254 g/mol. The first-order valence-electron chi connectivity index (χ1n) is 6.05. The van der Waals surface area contributed by atoms with E-state index < -0.39 is 5.38 Å². The highest BCUT2D eigenvalue weighted by Crippen LogP contribution is 2.22. The summed E-state index contributed by atoms with van der Waals surface area (Å²) in [6.07, 6.45) is 0. The molecule has 17 heavy (non-hydrogen) atoms. The van der Waals surface area contributed by atoms with Gasteiger partial charge >= 0.3 is 0 Å². The van der Waals surface area contributed by atoms with Crippen LogP contribution in [0.5, 0.6) is 0 Å². The zero-order chi connectivity index (χ0) is 13.0. The fourth-order valence-corrected chi connectivity index (χ4v) is 2.08. The van der Waals surface area contributed by atoms with E-state index in [0.29, 0.717) is 5.56 Å². The van der Waals surface area contributed by atoms with Gasteiger partial charge in [-0.3, -0.25) is 4.79 Å². The maximum absolute atomic E-state index is 11.8. The quantitative estimate of drug-likeness (QED) is 0.590. The SMILES string of the molecule is CCN(CC)c1ccc(C(=O)C(C)Cl)cc1C. The highest BCUT2D eigenvalue weighted by Gasteiger charge is 2.14. The lowest BCUT2D eigenvalue weighted by Gasteiger charge is -2.23. The molecule has 0 bridgehead atoms. The van der Waals surface area contributed by atoms with E-state index in [1.807, 2.05) is 25.1 Å². The number of benzene rings is 1. The van der Waals surface area contributed by atoms with Crippen molar-refractivity contribution in [1.29, 1.82) is 0 Å². The minimum Gasteiger partial charge on any atom is -0.372 e. The summed E-state index contributed by atoms with van der Waals surface area (Å²) in [5.74, 6) is -0.0131. The second-order valence-electron chi connectivity index (χ2n) is 4.15. The predicted octanol–water partition coefficient (Wildman–Crippen LogP) is 3.65. The Morgan fingerprint density at radius 1 is 1.35 bits per heavy atom. The molecule has 0 aromatic heterocycles. The second-order valence-corrected chi connectivity index (χ2v) is 4.81. The molecule has 0 aliphatic heterocycles. The van der Waals surface area contributed by atoms with Gasteiger partial charge in [0, 0.05) is 24.3 Å². The van der Waals surface area contributed by atoms with E-state index in [0.717, 1.165) is 18.7 Å². The summed E-state index contributed by atoms with van der Waals surface area (Å²) in [5.41, 5.74) is 3.01. The molecule has 0 heterocycles. The van der Waals surface area contributed by atoms with Gasteiger partial charge in [0.1, 0.15) is 0 Å². The van der Waals surface area contributed by atoms with Gasteiger partial charge in [-0.15, -0.1) is 11.6 Å². The molecule has 0 spiro atoms. The summed E-state index contributed by atoms with van der Waals surface area (Å²) >= 11 is 5.81. The molecule has 0 N–H and O–H groups in total. The number of anilines is 1. The number of carbonyl (C=O) groups excluding carboxylic acids is 1. The normalized spacial score (nSPS) is 12.3. The van der Waals surface area contributed by atoms with Gasteiger partial charge < -0.3 is 4.90 Å². The van der Waals surface area contributed by atoms with Gasteiger partial charge in [-0.2, -0.15) is 0 Å². The van der Waals surface area contributed by atoms with E-state index in [9.17, 15) is 4.79 Å². The van der Waals surface area contributed by atoms with E-state index >= 15 is 0 Å². The van der Waals surface area contributed by atoms with Gasteiger partial charge in [0.05, 0.1) is 5.38 Å². The van der Waals surface area contributed by atoms with E-state index in [-0.39, 0.29) is 5.78 Å². The molecule has 1 atom stereocenters. The lowest BCUT2D eigenvalue weighted by Crippen LogP contribution is -2.23. The fraction of sp³-hybridized carbons (Fsp3) is 0.500. The standard InChI is InChI=1S/C14H20ClNO/c1-5-16(6-2)13-8-7-12(9-10(13)3)14(17)11(4)15/h7-9,11H,5-6H2,1-4H3. The van der Waals surface area contributed by atoms with Crippen LogP contribution in [0.3, 0.4) is 0 Å². The topological polar surface area (TPSA) is 20.3 Å². The molecule has 1 aromatic carbocycles. The Morgan fingerprint density at radius 3 is 2.35 bits per heavy atom. The zero-order valence-corrected chi connectivity index (χ0v) is 11.7. The number of rotatable bonds is 5. The Bertz CT molecular complexity index is 397. The van der Waals surface area contributed by atoms with E-state index in [4.69, 9.17) is 11.6 Å². The zero-order valence-electron chi connectivity index (χ0n) is 11.0. The third-order valence-electron chi connectivity index (χ3n) is 2.95. The van der Waals surface area contributed by atoms with Crippen molar-refractivity contribution >= 4 is 23.1 Å². The summed E-state index contributed by atoms with van der Waals surface area (Å²) in [6, 6.07) is 5.80. The summed E-state index contributed by atoms with van der Waals surface area (Å²) in [4.78, 5) is 14.0. The molecule has 1 unspecified atom stereocenters. The van der Waals surface area contributed by atoms with Crippen molar-refractivity contribution in [1.82, 2.24) is 0 Å². The molecule has 0 aliphatic rings. The van der Waals surface area contributed by atoms with E-state index in [2.05, 4.69) is 18.7 Å². The molecule has 0 radical (unpaired) electrons. The highest BCUT2D eigenvalue weighted by molar-refractivity contribution is 6.33. The molecule has 1 aromatic rings. The molecule has 0 fully saturated rings. The number of Topliss-reactive ketones (excluding diaryl/α,β-unsaturated/α-hetero) is 1. The lowest BCUT2D eigenvalue weighted by molar-refractivity contribution is 0.0991. The molecule has 0 saturated heterocycles. The van der Waals surface area contributed by atoms with Crippen molar-refractivity contribution in [2.75, 3.05) is 18.0 Å². The van der Waals surface area contributed by atoms with Crippen LogP contribution in [0, 0.1) is 6.92 Å². The van der Waals surface area contributed by atoms with Gasteiger partial charge in [-0.1, -0.05) is 0 Å². The van der Waals surface area contributed by atoms with Gasteiger partial charge in [-0.25, -0.2) is 0 Å². The minimum absolute atomic E-state index is 0.0131. The smallest absolute Gasteiger partial charge is 0.180 e. The Hall–Kier alpha value is -1.02. The van der Waals surface area contributed by atoms with Crippen LogP contribution < -0.4 is 4.90 Å². The van der Waals surface area contributed by atoms with Gasteiger partial charge in [-0.05, 0) is 51.5 Å². The first-order chi connectivity index (χ1) is 8.01. The van der Waals surface area contributed by atoms with Crippen LogP contribution in [-0.4, -0.2) is 24.2 Å². The van der Waals surface area contributed by atoms with Gasteiger partial charge in [0.15, 0.2) is 5.78 Å². The Labute approximate surface area is 109 Å². The van der Waals surface area contributed by atoms with Crippen LogP contribution in [-0.2, 0) is 0 Å². The number of hydrogen-bond acceptors (Lipinski definition) is 2. The number of carbonyl (C=O) groups is 1. The summed E-state index contributed by atoms with van der Waals surface area (Å²) in [5, 5.41) is -0.464. The van der Waals surface area contributed by atoms with Crippen molar-refractivity contribution in [2.24, 2.45) is 0 Å². The molecule has 94 valence electrons. The van der Waals surface area contributed by atoms with E-state index in [1.165, 1.54) is 5.69 Å². The number of hydrogen-bond donors (Lipinski definition) is 0. The van der Waals surface area contributed by atoms with Crippen LogP contribution in [0.1, 0.15) is 36.7 Å².